The van der Waals surface area contributed by atoms with Crippen molar-refractivity contribution in [3.05, 3.63) is 0 Å². The van der Waals surface area contributed by atoms with Crippen LogP contribution in [0.25, 0.3) is 0 Å². The Kier molecular flexibility index (Phi) is 2.66. The topological polar surface area (TPSA) is 61.8 Å². The number of halogens is 2. The highest BCUT2D eigenvalue weighted by molar-refractivity contribution is 9.11. The Hall–Kier alpha value is 0.180. The molecule has 0 unspecified atom stereocenters. The van der Waals surface area contributed by atoms with E-state index in [0.717, 1.165) is 0 Å². The van der Waals surface area contributed by atoms with Crippen molar-refractivity contribution in [1.29, 1.82) is 0 Å². The summed E-state index contributed by atoms with van der Waals surface area (Å²) in [5, 5.41) is 0. The van der Waals surface area contributed by atoms with E-state index in [2.05, 4.69) is 31.9 Å². The normalized spacial score (nSPS) is 48.9. The number of hydrogen-bond acceptors (Lipinski definition) is 5. The van der Waals surface area contributed by atoms with Crippen LogP contribution in [0.5, 0.6) is 0 Å². The van der Waals surface area contributed by atoms with Crippen LogP contribution in [0, 0.1) is 11.8 Å². The summed E-state index contributed by atoms with van der Waals surface area (Å²) in [5.41, 5.74) is 0. The number of methoxy groups -OCH3 is 2. The summed E-state index contributed by atoms with van der Waals surface area (Å²) in [6.07, 6.45) is 0. The van der Waals surface area contributed by atoms with E-state index in [4.69, 9.17) is 14.2 Å². The van der Waals surface area contributed by atoms with Gasteiger partial charge in [-0.1, -0.05) is 31.9 Å². The second-order valence-electron chi connectivity index (χ2n) is 4.86. The van der Waals surface area contributed by atoms with E-state index in [1.165, 1.54) is 14.2 Å². The third kappa shape index (κ3) is 0.964. The maximum Gasteiger partial charge on any atom is 0.222 e. The van der Waals surface area contributed by atoms with Crippen molar-refractivity contribution in [2.24, 2.45) is 11.8 Å². The number of ether oxygens (including phenoxy) is 3. The highest BCUT2D eigenvalue weighted by Crippen LogP contribution is 2.70. The van der Waals surface area contributed by atoms with Gasteiger partial charge in [0.2, 0.25) is 17.4 Å². The molecule has 0 radical (unpaired) electrons. The SMILES string of the molecule is COC1(OC)[C@@]2(Br)C(=O)C(=O)[C@]1(Br)[C@@H]1COC[C@@H]12. The summed E-state index contributed by atoms with van der Waals surface area (Å²) >= 11 is 6.90. The number of carbonyl (C=O) groups is 2. The van der Waals surface area contributed by atoms with Crippen molar-refractivity contribution in [3.63, 3.8) is 0 Å². The molecular weight excluding hydrogens is 372 g/mol. The zero-order valence-corrected chi connectivity index (χ0v) is 13.0. The van der Waals surface area contributed by atoms with E-state index in [0.29, 0.717) is 13.2 Å². The fourth-order valence-electron chi connectivity index (χ4n) is 3.73. The quantitative estimate of drug-likeness (QED) is 0.398. The van der Waals surface area contributed by atoms with Gasteiger partial charge in [-0.25, -0.2) is 0 Å². The van der Waals surface area contributed by atoms with E-state index in [1.54, 1.807) is 0 Å². The van der Waals surface area contributed by atoms with E-state index < -0.39 is 26.0 Å². The summed E-state index contributed by atoms with van der Waals surface area (Å²) in [5.74, 6) is -2.61. The van der Waals surface area contributed by atoms with Crippen LogP contribution >= 0.6 is 31.9 Å². The largest absolute Gasteiger partial charge is 0.381 e. The predicted molar refractivity (Wildman–Crippen MR) is 67.9 cm³/mol. The van der Waals surface area contributed by atoms with Gasteiger partial charge in [0.15, 0.2) is 8.65 Å². The Morgan fingerprint density at radius 2 is 1.44 bits per heavy atom. The maximum atomic E-state index is 12.3. The van der Waals surface area contributed by atoms with Crippen molar-refractivity contribution in [2.75, 3.05) is 27.4 Å². The number of carbonyl (C=O) groups excluding carboxylic acids is 2. The molecule has 3 aliphatic rings. The lowest BCUT2D eigenvalue weighted by molar-refractivity contribution is -0.219. The van der Waals surface area contributed by atoms with Gasteiger partial charge in [-0.3, -0.25) is 9.59 Å². The van der Waals surface area contributed by atoms with Crippen LogP contribution < -0.4 is 0 Å². The average Bonchev–Trinajstić information content (AvgIpc) is 2.94. The van der Waals surface area contributed by atoms with E-state index >= 15 is 0 Å². The highest BCUT2D eigenvalue weighted by Gasteiger charge is 2.89. The molecule has 100 valence electrons. The third-order valence-electron chi connectivity index (χ3n) is 4.50. The van der Waals surface area contributed by atoms with Gasteiger partial charge in [0.25, 0.3) is 0 Å². The summed E-state index contributed by atoms with van der Waals surface area (Å²) in [6, 6.07) is 0. The fraction of sp³-hybridized carbons (Fsp3) is 0.818. The van der Waals surface area contributed by atoms with Crippen molar-refractivity contribution < 1.29 is 23.8 Å². The Morgan fingerprint density at radius 1 is 1.06 bits per heavy atom. The van der Waals surface area contributed by atoms with Gasteiger partial charge in [0.1, 0.15) is 0 Å². The molecule has 4 atom stereocenters. The third-order valence-corrected chi connectivity index (χ3v) is 7.44. The zero-order chi connectivity index (χ0) is 13.3. The lowest BCUT2D eigenvalue weighted by atomic mass is 9.80. The van der Waals surface area contributed by atoms with Crippen molar-refractivity contribution in [3.8, 4) is 0 Å². The molecule has 0 spiro atoms. The summed E-state index contributed by atoms with van der Waals surface area (Å²) < 4.78 is 14.1. The fourth-order valence-corrected chi connectivity index (χ4v) is 6.54. The lowest BCUT2D eigenvalue weighted by Gasteiger charge is -2.39. The molecule has 0 amide bonds. The monoisotopic (exact) mass is 382 g/mol. The second-order valence-corrected chi connectivity index (χ2v) is 7.36. The van der Waals surface area contributed by atoms with Crippen LogP contribution in [0.3, 0.4) is 0 Å². The number of Topliss-reactive ketones (excluding diaryl/α,β-unsaturated/α-hetero) is 2. The molecule has 0 N–H and O–H groups in total. The molecule has 1 saturated heterocycles. The first-order chi connectivity index (χ1) is 8.41. The van der Waals surface area contributed by atoms with E-state index in [9.17, 15) is 9.59 Å². The molecule has 0 aromatic rings. The van der Waals surface area contributed by atoms with Gasteiger partial charge >= 0.3 is 0 Å². The van der Waals surface area contributed by atoms with Crippen LogP contribution in [0.4, 0.5) is 0 Å². The van der Waals surface area contributed by atoms with Crippen molar-refractivity contribution >= 4 is 43.4 Å². The Labute approximate surface area is 121 Å². The minimum absolute atomic E-state index is 0.137. The minimum atomic E-state index is -1.33. The summed E-state index contributed by atoms with van der Waals surface area (Å²) in [4.78, 5) is 24.7. The molecule has 2 bridgehead atoms. The molecular formula is C11H12Br2O5. The minimum Gasteiger partial charge on any atom is -0.381 e. The second kappa shape index (κ2) is 3.63. The van der Waals surface area contributed by atoms with Crippen LogP contribution in [0.2, 0.25) is 0 Å². The first-order valence-electron chi connectivity index (χ1n) is 5.57. The number of hydrogen-bond donors (Lipinski definition) is 0. The molecule has 1 heterocycles. The molecule has 3 fully saturated rings. The number of fused-ring (bicyclic) bond motifs is 5. The first kappa shape index (κ1) is 13.2. The molecule has 0 aromatic carbocycles. The van der Waals surface area contributed by atoms with Gasteiger partial charge in [0, 0.05) is 26.1 Å². The van der Waals surface area contributed by atoms with Crippen molar-refractivity contribution in [1.82, 2.24) is 0 Å². The molecule has 5 nitrogen and oxygen atoms in total. The van der Waals surface area contributed by atoms with Gasteiger partial charge in [-0.2, -0.15) is 0 Å². The van der Waals surface area contributed by atoms with Crippen LogP contribution in [-0.2, 0) is 23.8 Å². The first-order valence-corrected chi connectivity index (χ1v) is 7.15. The van der Waals surface area contributed by atoms with Gasteiger partial charge in [-0.15, -0.1) is 0 Å². The molecule has 3 rings (SSSR count). The molecule has 1 aliphatic heterocycles. The average molecular weight is 384 g/mol. The Morgan fingerprint density at radius 3 is 1.78 bits per heavy atom. The Bertz CT molecular complexity index is 413. The smallest absolute Gasteiger partial charge is 0.222 e. The van der Waals surface area contributed by atoms with E-state index in [1.807, 2.05) is 0 Å². The van der Waals surface area contributed by atoms with Gasteiger partial charge in [0.05, 0.1) is 13.2 Å². The summed E-state index contributed by atoms with van der Waals surface area (Å²) in [7, 11) is 2.90. The van der Waals surface area contributed by atoms with E-state index in [-0.39, 0.29) is 11.8 Å². The zero-order valence-electron chi connectivity index (χ0n) is 9.87. The van der Waals surface area contributed by atoms with Gasteiger partial charge < -0.3 is 14.2 Å². The van der Waals surface area contributed by atoms with Gasteiger partial charge in [-0.05, 0) is 0 Å². The number of rotatable bonds is 2. The predicted octanol–water partition coefficient (Wildman–Crippen LogP) is 0.671. The molecule has 2 saturated carbocycles. The maximum absolute atomic E-state index is 12.3. The van der Waals surface area contributed by atoms with Crippen molar-refractivity contribution in [2.45, 2.75) is 14.4 Å². The summed E-state index contributed by atoms with van der Waals surface area (Å²) in [6.45, 7) is 0.827. The van der Waals surface area contributed by atoms with Crippen LogP contribution in [-0.4, -0.2) is 53.4 Å². The van der Waals surface area contributed by atoms with Crippen LogP contribution in [0.15, 0.2) is 0 Å². The molecule has 2 aliphatic carbocycles. The highest BCUT2D eigenvalue weighted by atomic mass is 79.9. The van der Waals surface area contributed by atoms with Crippen LogP contribution in [0.1, 0.15) is 0 Å². The molecule has 18 heavy (non-hydrogen) atoms. The molecule has 0 aromatic heterocycles. The lowest BCUT2D eigenvalue weighted by Crippen LogP contribution is -2.57. The number of ketones is 2. The Balaban J connectivity index is 2.30. The standard InChI is InChI=1S/C11H12Br2O5/c1-16-11(17-2)9(12)5-3-18-4-6(5)10(11,13)8(15)7(9)14/h5-6H,3-4H2,1-2H3/t5-,6+,9-,10+. The number of alkyl halides is 2. The molecule has 7 heteroatoms.